The summed E-state index contributed by atoms with van der Waals surface area (Å²) in [6.07, 6.45) is 0.669. The van der Waals surface area contributed by atoms with Crippen LogP contribution >= 0.6 is 0 Å². The monoisotopic (exact) mass is 564 g/mol. The smallest absolute Gasteiger partial charge is 0.268 e. The minimum absolute atomic E-state index is 0.0752. The van der Waals surface area contributed by atoms with Gasteiger partial charge in [-0.15, -0.1) is 0 Å². The first kappa shape index (κ1) is 27.6. The van der Waals surface area contributed by atoms with Gasteiger partial charge in [-0.3, -0.25) is 14.4 Å². The highest BCUT2D eigenvalue weighted by Gasteiger charge is 2.60. The predicted molar refractivity (Wildman–Crippen MR) is 162 cm³/mol. The van der Waals surface area contributed by atoms with E-state index >= 15 is 0 Å². The van der Waals surface area contributed by atoms with Crippen LogP contribution in [0.1, 0.15) is 55.0 Å². The number of aromatic nitrogens is 1. The molecule has 8 nitrogen and oxygen atoms in total. The van der Waals surface area contributed by atoms with Gasteiger partial charge in [0.2, 0.25) is 5.91 Å². The van der Waals surface area contributed by atoms with Gasteiger partial charge in [-0.25, -0.2) is 0 Å². The van der Waals surface area contributed by atoms with Crippen LogP contribution in [0.15, 0.2) is 84.9 Å². The van der Waals surface area contributed by atoms with Crippen molar-refractivity contribution in [1.82, 2.24) is 20.1 Å². The van der Waals surface area contributed by atoms with Gasteiger partial charge >= 0.3 is 0 Å². The molecule has 2 saturated heterocycles. The lowest BCUT2D eigenvalue weighted by molar-refractivity contribution is -0.155. The minimum Gasteiger partial charge on any atom is -0.457 e. The van der Waals surface area contributed by atoms with Crippen LogP contribution in [0.2, 0.25) is 0 Å². The van der Waals surface area contributed by atoms with Gasteiger partial charge in [0, 0.05) is 29.6 Å². The van der Waals surface area contributed by atoms with E-state index in [0.717, 1.165) is 10.9 Å². The molecule has 0 radical (unpaired) electrons. The third kappa shape index (κ3) is 4.91. The molecule has 0 saturated carbocycles. The first-order valence-corrected chi connectivity index (χ1v) is 14.4. The molecule has 1 aromatic heterocycles. The lowest BCUT2D eigenvalue weighted by atomic mass is 9.78. The Balaban J connectivity index is 1.16. The first-order valence-electron chi connectivity index (χ1n) is 14.4. The van der Waals surface area contributed by atoms with E-state index in [9.17, 15) is 14.4 Å². The quantitative estimate of drug-likeness (QED) is 0.318. The molecule has 3 atom stereocenters. The van der Waals surface area contributed by atoms with Crippen molar-refractivity contribution in [1.29, 1.82) is 0 Å². The summed E-state index contributed by atoms with van der Waals surface area (Å²) in [6, 6.07) is 25.3. The number of H-pyrrole nitrogens is 1. The molecule has 0 aliphatic carbocycles. The Bertz CT molecular complexity index is 1620. The summed E-state index contributed by atoms with van der Waals surface area (Å²) in [5.41, 5.74) is 0.818. The zero-order valence-corrected chi connectivity index (χ0v) is 24.4. The number of likely N-dealkylation sites (tertiary alicyclic amines) is 2. The summed E-state index contributed by atoms with van der Waals surface area (Å²) in [6.45, 7) is 8.88. The fourth-order valence-corrected chi connectivity index (χ4v) is 6.16. The van der Waals surface area contributed by atoms with Gasteiger partial charge in [-0.1, -0.05) is 63.2 Å². The molecule has 2 N–H and O–H groups in total. The Morgan fingerprint density at radius 1 is 0.952 bits per heavy atom. The van der Waals surface area contributed by atoms with E-state index in [0.29, 0.717) is 42.3 Å². The number of hydrogen-bond donors (Lipinski definition) is 2. The van der Waals surface area contributed by atoms with E-state index in [4.69, 9.17) is 4.74 Å². The molecule has 2 aliphatic rings. The fourth-order valence-electron chi connectivity index (χ4n) is 6.16. The lowest BCUT2D eigenvalue weighted by Crippen LogP contribution is -2.74. The van der Waals surface area contributed by atoms with Crippen molar-refractivity contribution in [2.45, 2.75) is 51.7 Å². The average Bonchev–Trinajstić information content (AvgIpc) is 3.51. The van der Waals surface area contributed by atoms with Crippen LogP contribution in [0.3, 0.4) is 0 Å². The average molecular weight is 565 g/mol. The maximum Gasteiger partial charge on any atom is 0.268 e. The molecule has 4 aromatic rings. The number of nitrogens with one attached hydrogen (secondary N) is 2. The normalized spacial score (nSPS) is 20.5. The Hall–Kier alpha value is -4.59. The van der Waals surface area contributed by atoms with Crippen molar-refractivity contribution in [3.05, 3.63) is 96.2 Å². The third-order valence-electron chi connectivity index (χ3n) is 8.67. The minimum atomic E-state index is -0.731. The van der Waals surface area contributed by atoms with E-state index in [1.54, 1.807) is 18.2 Å². The molecule has 2 fully saturated rings. The van der Waals surface area contributed by atoms with Gasteiger partial charge in [0.25, 0.3) is 11.8 Å². The highest BCUT2D eigenvalue weighted by Crippen LogP contribution is 2.44. The van der Waals surface area contributed by atoms with Gasteiger partial charge in [-0.2, -0.15) is 0 Å². The third-order valence-corrected chi connectivity index (χ3v) is 8.67. The predicted octanol–water partition coefficient (Wildman–Crippen LogP) is 5.62. The number of carbonyl (C=O) groups excluding carboxylic acids is 3. The Kier molecular flexibility index (Phi) is 6.80. The van der Waals surface area contributed by atoms with Crippen LogP contribution in [0.25, 0.3) is 10.9 Å². The molecule has 42 heavy (non-hydrogen) atoms. The van der Waals surface area contributed by atoms with Crippen molar-refractivity contribution in [3.8, 4) is 11.5 Å². The van der Waals surface area contributed by atoms with Crippen molar-refractivity contribution < 1.29 is 19.1 Å². The lowest BCUT2D eigenvalue weighted by Gasteiger charge is -2.56. The van der Waals surface area contributed by atoms with Crippen molar-refractivity contribution in [3.63, 3.8) is 0 Å². The summed E-state index contributed by atoms with van der Waals surface area (Å²) in [4.78, 5) is 47.8. The summed E-state index contributed by atoms with van der Waals surface area (Å²) >= 11 is 0. The number of amides is 3. The molecule has 6 rings (SSSR count). The van der Waals surface area contributed by atoms with E-state index in [1.165, 1.54) is 0 Å². The topological polar surface area (TPSA) is 94.7 Å². The van der Waals surface area contributed by atoms with E-state index in [-0.39, 0.29) is 23.8 Å². The number of rotatable bonds is 6. The van der Waals surface area contributed by atoms with Crippen LogP contribution in [0, 0.1) is 5.41 Å². The zero-order chi connectivity index (χ0) is 29.6. The van der Waals surface area contributed by atoms with E-state index in [2.05, 4.69) is 10.3 Å². The molecule has 3 unspecified atom stereocenters. The second kappa shape index (κ2) is 10.4. The Morgan fingerprint density at radius 2 is 1.67 bits per heavy atom. The van der Waals surface area contributed by atoms with Crippen LogP contribution < -0.4 is 10.1 Å². The molecule has 3 amide bonds. The number of para-hydroxylation sites is 2. The molecule has 2 aliphatic heterocycles. The van der Waals surface area contributed by atoms with Crippen LogP contribution in [0.4, 0.5) is 0 Å². The zero-order valence-electron chi connectivity index (χ0n) is 24.4. The number of nitrogens with zero attached hydrogens (tertiary/aromatic N) is 2. The summed E-state index contributed by atoms with van der Waals surface area (Å²) < 4.78 is 5.94. The van der Waals surface area contributed by atoms with Gasteiger partial charge in [0.15, 0.2) is 0 Å². The second-order valence-electron chi connectivity index (χ2n) is 12.6. The van der Waals surface area contributed by atoms with Crippen LogP contribution in [-0.2, 0) is 4.79 Å². The molecular weight excluding hydrogens is 528 g/mol. The standard InChI is InChI=1S/C34H36N4O4/c1-33(2,3)29(36-30(39)27-20-22-11-8-9-16-26(22)35-27)32(41)38-21-28-34(38,4)17-18-37(28)31(40)23-12-10-15-25(19-23)42-24-13-6-5-7-14-24/h5-16,19-20,28-29,35H,17-18,21H2,1-4H3,(H,36,39). The van der Waals surface area contributed by atoms with E-state index < -0.39 is 17.0 Å². The number of fused-ring (bicyclic) bond motifs is 2. The maximum absolute atomic E-state index is 14.0. The largest absolute Gasteiger partial charge is 0.457 e. The Labute approximate surface area is 245 Å². The van der Waals surface area contributed by atoms with Crippen LogP contribution in [-0.4, -0.2) is 63.2 Å². The Morgan fingerprint density at radius 3 is 2.40 bits per heavy atom. The van der Waals surface area contributed by atoms with Gasteiger partial charge < -0.3 is 24.8 Å². The molecule has 0 spiro atoms. The molecule has 8 heteroatoms. The summed E-state index contributed by atoms with van der Waals surface area (Å²) in [5.74, 6) is 0.779. The van der Waals surface area contributed by atoms with Crippen molar-refractivity contribution in [2.24, 2.45) is 5.41 Å². The number of hydrogen-bond acceptors (Lipinski definition) is 4. The number of carbonyl (C=O) groups is 3. The maximum atomic E-state index is 14.0. The summed E-state index contributed by atoms with van der Waals surface area (Å²) in [5, 5.41) is 3.95. The molecular formula is C34H36N4O4. The van der Waals surface area contributed by atoms with Gasteiger partial charge in [0.1, 0.15) is 23.2 Å². The first-order chi connectivity index (χ1) is 20.0. The van der Waals surface area contributed by atoms with Gasteiger partial charge in [-0.05, 0) is 61.2 Å². The van der Waals surface area contributed by atoms with Gasteiger partial charge in [0.05, 0.1) is 11.6 Å². The molecule has 3 aromatic carbocycles. The molecule has 216 valence electrons. The SMILES string of the molecule is CC(C)(C)C(NC(=O)c1cc2ccccc2[nH]1)C(=O)N1CC2N(C(=O)c3cccc(Oc4ccccc4)c3)CCC21C. The highest BCUT2D eigenvalue weighted by atomic mass is 16.5. The number of benzene rings is 3. The van der Waals surface area contributed by atoms with Crippen LogP contribution in [0.5, 0.6) is 11.5 Å². The van der Waals surface area contributed by atoms with Crippen molar-refractivity contribution in [2.75, 3.05) is 13.1 Å². The highest BCUT2D eigenvalue weighted by molar-refractivity contribution is 6.01. The number of aromatic amines is 1. The van der Waals surface area contributed by atoms with E-state index in [1.807, 2.05) is 104 Å². The number of ether oxygens (including phenoxy) is 1. The molecule has 3 heterocycles. The summed E-state index contributed by atoms with van der Waals surface area (Å²) in [7, 11) is 0. The molecule has 0 bridgehead atoms. The fraction of sp³-hybridized carbons (Fsp3) is 0.324. The second-order valence-corrected chi connectivity index (χ2v) is 12.6. The van der Waals surface area contributed by atoms with Crippen molar-refractivity contribution >= 4 is 28.6 Å².